The standard InChI is InChI=1S/C11H7BrClIN2O/c1-16-10(9(13)5-15-16)11(17)7-4-6(14)2-3-8(7)12/h2-5H,1H3. The van der Waals surface area contributed by atoms with E-state index in [2.05, 4.69) is 43.6 Å². The van der Waals surface area contributed by atoms with E-state index in [4.69, 9.17) is 11.6 Å². The van der Waals surface area contributed by atoms with E-state index in [9.17, 15) is 4.79 Å². The summed E-state index contributed by atoms with van der Waals surface area (Å²) < 4.78 is 3.23. The molecule has 2 aromatic rings. The van der Waals surface area contributed by atoms with Gasteiger partial charge in [0.1, 0.15) is 5.69 Å². The zero-order valence-electron chi connectivity index (χ0n) is 8.75. The largest absolute Gasteiger partial charge is 0.287 e. The minimum Gasteiger partial charge on any atom is -0.287 e. The first-order valence-electron chi connectivity index (χ1n) is 4.68. The molecule has 0 aliphatic rings. The van der Waals surface area contributed by atoms with E-state index in [0.717, 1.165) is 8.04 Å². The highest BCUT2D eigenvalue weighted by atomic mass is 127. The normalized spacial score (nSPS) is 10.6. The van der Waals surface area contributed by atoms with Crippen molar-refractivity contribution in [2.45, 2.75) is 0 Å². The molecule has 0 fully saturated rings. The zero-order chi connectivity index (χ0) is 12.6. The monoisotopic (exact) mass is 424 g/mol. The van der Waals surface area contributed by atoms with Crippen LogP contribution in [0.2, 0.25) is 5.02 Å². The fraction of sp³-hybridized carbons (Fsp3) is 0.0909. The molecule has 1 aromatic heterocycles. The molecule has 0 bridgehead atoms. The molecule has 0 atom stereocenters. The summed E-state index contributed by atoms with van der Waals surface area (Å²) in [6.45, 7) is 0. The van der Waals surface area contributed by atoms with Gasteiger partial charge in [0.05, 0.1) is 11.2 Å². The summed E-state index contributed by atoms with van der Waals surface area (Å²) >= 11 is 11.5. The van der Waals surface area contributed by atoms with Gasteiger partial charge in [-0.25, -0.2) is 0 Å². The summed E-state index contributed by atoms with van der Waals surface area (Å²) in [5, 5.41) is 4.33. The minimum absolute atomic E-state index is 0.139. The van der Waals surface area contributed by atoms with Crippen LogP contribution in [0, 0.1) is 3.57 Å². The third kappa shape index (κ3) is 2.56. The number of aryl methyl sites for hydroxylation is 1. The van der Waals surface area contributed by atoms with Crippen LogP contribution < -0.4 is 0 Å². The van der Waals surface area contributed by atoms with Crippen molar-refractivity contribution >= 4 is 55.9 Å². The molecule has 0 unspecified atom stereocenters. The fourth-order valence-electron chi connectivity index (χ4n) is 1.47. The number of nitrogens with zero attached hydrogens (tertiary/aromatic N) is 2. The Morgan fingerprint density at radius 2 is 2.24 bits per heavy atom. The van der Waals surface area contributed by atoms with Gasteiger partial charge >= 0.3 is 0 Å². The number of hydrogen-bond donors (Lipinski definition) is 0. The third-order valence-electron chi connectivity index (χ3n) is 2.28. The zero-order valence-corrected chi connectivity index (χ0v) is 13.2. The van der Waals surface area contributed by atoms with Crippen molar-refractivity contribution in [1.29, 1.82) is 0 Å². The van der Waals surface area contributed by atoms with Crippen LogP contribution in [0.5, 0.6) is 0 Å². The molecule has 17 heavy (non-hydrogen) atoms. The topological polar surface area (TPSA) is 34.9 Å². The average Bonchev–Trinajstić information content (AvgIpc) is 2.61. The number of carbonyl (C=O) groups excluding carboxylic acids is 1. The van der Waals surface area contributed by atoms with Crippen molar-refractivity contribution in [3.63, 3.8) is 0 Å². The Bertz CT molecular complexity index is 578. The lowest BCUT2D eigenvalue weighted by Gasteiger charge is -2.05. The molecule has 6 heteroatoms. The number of carbonyl (C=O) groups is 1. The van der Waals surface area contributed by atoms with Crippen LogP contribution in [0.25, 0.3) is 0 Å². The second-order valence-electron chi connectivity index (χ2n) is 3.42. The Morgan fingerprint density at radius 1 is 1.53 bits per heavy atom. The molecular weight excluding hydrogens is 418 g/mol. The third-order valence-corrected chi connectivity index (χ3v) is 3.92. The van der Waals surface area contributed by atoms with Gasteiger partial charge in [-0.05, 0) is 40.8 Å². The predicted molar refractivity (Wildman–Crippen MR) is 78.5 cm³/mol. The summed E-state index contributed by atoms with van der Waals surface area (Å²) in [6.07, 6.45) is 1.47. The molecule has 0 aliphatic carbocycles. The van der Waals surface area contributed by atoms with Crippen molar-refractivity contribution in [1.82, 2.24) is 9.78 Å². The number of ketones is 1. The van der Waals surface area contributed by atoms with Gasteiger partial charge in [0.15, 0.2) is 0 Å². The number of halogens is 3. The molecule has 0 saturated carbocycles. The van der Waals surface area contributed by atoms with E-state index in [1.54, 1.807) is 7.05 Å². The number of rotatable bonds is 2. The van der Waals surface area contributed by atoms with Crippen LogP contribution in [0.15, 0.2) is 28.9 Å². The summed E-state index contributed by atoms with van der Waals surface area (Å²) in [7, 11) is 1.70. The van der Waals surface area contributed by atoms with Gasteiger partial charge in [0, 0.05) is 20.7 Å². The molecule has 1 heterocycles. The molecule has 2 rings (SSSR count). The first kappa shape index (κ1) is 13.0. The number of aromatic nitrogens is 2. The second kappa shape index (κ2) is 5.07. The second-order valence-corrected chi connectivity index (χ2v) is 5.93. The van der Waals surface area contributed by atoms with E-state index in [0.29, 0.717) is 16.3 Å². The maximum atomic E-state index is 12.3. The highest BCUT2D eigenvalue weighted by Crippen LogP contribution is 2.25. The summed E-state index contributed by atoms with van der Waals surface area (Å²) in [5.74, 6) is -0.139. The highest BCUT2D eigenvalue weighted by Gasteiger charge is 2.19. The Hall–Kier alpha value is -0.400. The molecule has 0 radical (unpaired) electrons. The Morgan fingerprint density at radius 3 is 2.82 bits per heavy atom. The molecule has 3 nitrogen and oxygen atoms in total. The lowest BCUT2D eigenvalue weighted by atomic mass is 10.1. The molecule has 1 aromatic carbocycles. The van der Waals surface area contributed by atoms with E-state index in [1.165, 1.54) is 10.9 Å². The molecule has 0 aliphatic heterocycles. The first-order chi connectivity index (χ1) is 8.00. The Labute approximate surface area is 125 Å². The molecule has 0 amide bonds. The summed E-state index contributed by atoms with van der Waals surface area (Å²) in [6, 6.07) is 5.59. The van der Waals surface area contributed by atoms with Crippen LogP contribution >= 0.6 is 50.1 Å². The van der Waals surface area contributed by atoms with Gasteiger partial charge in [0.25, 0.3) is 0 Å². The fourth-order valence-corrected chi connectivity index (χ4v) is 2.63. The van der Waals surface area contributed by atoms with Gasteiger partial charge in [-0.2, -0.15) is 5.10 Å². The van der Waals surface area contributed by atoms with Crippen LogP contribution in [-0.4, -0.2) is 15.6 Å². The van der Waals surface area contributed by atoms with Crippen LogP contribution in [0.4, 0.5) is 0 Å². The van der Waals surface area contributed by atoms with Gasteiger partial charge in [0.2, 0.25) is 5.78 Å². The average molecular weight is 425 g/mol. The van der Waals surface area contributed by atoms with Crippen molar-refractivity contribution in [3.8, 4) is 0 Å². The van der Waals surface area contributed by atoms with Crippen molar-refractivity contribution in [2.75, 3.05) is 0 Å². The molecule has 0 spiro atoms. The van der Waals surface area contributed by atoms with Gasteiger partial charge in [-0.15, -0.1) is 0 Å². The molecule has 0 N–H and O–H groups in total. The van der Waals surface area contributed by atoms with Gasteiger partial charge in [-0.3, -0.25) is 9.48 Å². The summed E-state index contributed by atoms with van der Waals surface area (Å²) in [4.78, 5) is 12.3. The maximum Gasteiger partial charge on any atom is 0.213 e. The quantitative estimate of drug-likeness (QED) is 0.544. The van der Waals surface area contributed by atoms with Crippen molar-refractivity contribution in [2.24, 2.45) is 7.05 Å². The van der Waals surface area contributed by atoms with E-state index in [1.807, 2.05) is 18.2 Å². The van der Waals surface area contributed by atoms with Crippen molar-refractivity contribution in [3.05, 3.63) is 48.7 Å². The predicted octanol–water partition coefficient (Wildman–Crippen LogP) is 3.67. The van der Waals surface area contributed by atoms with Crippen molar-refractivity contribution < 1.29 is 4.79 Å². The van der Waals surface area contributed by atoms with Gasteiger partial charge < -0.3 is 0 Å². The van der Waals surface area contributed by atoms with E-state index < -0.39 is 0 Å². The maximum absolute atomic E-state index is 12.3. The van der Waals surface area contributed by atoms with Crippen LogP contribution in [0.3, 0.4) is 0 Å². The Kier molecular flexibility index (Phi) is 3.89. The van der Waals surface area contributed by atoms with Crippen LogP contribution in [0.1, 0.15) is 16.1 Å². The number of benzene rings is 1. The minimum atomic E-state index is -0.139. The molecule has 0 saturated heterocycles. The lowest BCUT2D eigenvalue weighted by Crippen LogP contribution is -2.09. The summed E-state index contributed by atoms with van der Waals surface area (Å²) in [5.41, 5.74) is 0.983. The molecular formula is C11H7BrClIN2O. The first-order valence-corrected chi connectivity index (χ1v) is 6.93. The van der Waals surface area contributed by atoms with Crippen LogP contribution in [-0.2, 0) is 7.05 Å². The van der Waals surface area contributed by atoms with Gasteiger partial charge in [-0.1, -0.05) is 27.5 Å². The Balaban J connectivity index is 2.55. The lowest BCUT2D eigenvalue weighted by molar-refractivity contribution is 0.102. The van der Waals surface area contributed by atoms with E-state index >= 15 is 0 Å². The highest BCUT2D eigenvalue weighted by molar-refractivity contribution is 14.1. The molecule has 88 valence electrons. The SMILES string of the molecule is Cn1ncc(Cl)c1C(=O)c1cc(I)ccc1Br. The smallest absolute Gasteiger partial charge is 0.213 e. The number of hydrogen-bond acceptors (Lipinski definition) is 2. The van der Waals surface area contributed by atoms with E-state index in [-0.39, 0.29) is 5.78 Å².